The van der Waals surface area contributed by atoms with E-state index in [0.717, 1.165) is 0 Å². The maximum atomic E-state index is 12.3. The first-order valence-electron chi connectivity index (χ1n) is 6.49. The van der Waals surface area contributed by atoms with Gasteiger partial charge in [-0.25, -0.2) is 9.78 Å². The summed E-state index contributed by atoms with van der Waals surface area (Å²) in [4.78, 5) is 34.8. The third-order valence-electron chi connectivity index (χ3n) is 3.02. The van der Waals surface area contributed by atoms with Gasteiger partial charge in [-0.3, -0.25) is 9.78 Å². The van der Waals surface area contributed by atoms with Crippen molar-refractivity contribution >= 4 is 11.9 Å². The Bertz CT molecular complexity index is 642. The van der Waals surface area contributed by atoms with E-state index in [1.165, 1.54) is 39.0 Å². The Balaban J connectivity index is 2.15. The predicted octanol–water partition coefficient (Wildman–Crippen LogP) is 0.327. The molecule has 0 bridgehead atoms. The van der Waals surface area contributed by atoms with Crippen molar-refractivity contribution in [2.24, 2.45) is 0 Å². The van der Waals surface area contributed by atoms with Crippen molar-refractivity contribution in [1.29, 1.82) is 0 Å². The molecule has 0 aliphatic carbocycles. The van der Waals surface area contributed by atoms with Crippen LogP contribution in [0.5, 0.6) is 5.75 Å². The first-order valence-corrected chi connectivity index (χ1v) is 6.49. The molecule has 2 N–H and O–H groups in total. The first-order chi connectivity index (χ1) is 10.7. The third-order valence-corrected chi connectivity index (χ3v) is 3.02. The molecule has 8 heteroatoms. The number of pyridine rings is 1. The second kappa shape index (κ2) is 7.21. The van der Waals surface area contributed by atoms with Crippen LogP contribution in [0.1, 0.15) is 16.1 Å². The van der Waals surface area contributed by atoms with Crippen molar-refractivity contribution < 1.29 is 19.1 Å². The molecule has 1 amide bonds. The molecule has 116 valence electrons. The largest absolute Gasteiger partial charge is 0.494 e. The third kappa shape index (κ3) is 3.60. The lowest BCUT2D eigenvalue weighted by Gasteiger charge is -2.16. The molecule has 0 aliphatic rings. The number of hydrogen-bond acceptors (Lipinski definition) is 6. The van der Waals surface area contributed by atoms with Crippen molar-refractivity contribution in [3.05, 3.63) is 42.2 Å². The number of nitrogens with zero attached hydrogens (tertiary/aromatic N) is 2. The summed E-state index contributed by atoms with van der Waals surface area (Å²) in [7, 11) is 2.71. The average molecular weight is 304 g/mol. The van der Waals surface area contributed by atoms with Gasteiger partial charge in [0.15, 0.2) is 0 Å². The molecule has 2 rings (SSSR count). The number of esters is 1. The van der Waals surface area contributed by atoms with Crippen LogP contribution in [-0.4, -0.2) is 47.1 Å². The van der Waals surface area contributed by atoms with E-state index in [1.807, 2.05) is 0 Å². The second-order valence-electron chi connectivity index (χ2n) is 4.41. The molecule has 22 heavy (non-hydrogen) atoms. The van der Waals surface area contributed by atoms with E-state index in [1.54, 1.807) is 6.20 Å². The molecular formula is C14H16N4O4. The van der Waals surface area contributed by atoms with Crippen molar-refractivity contribution in [1.82, 2.24) is 20.3 Å². The fourth-order valence-corrected chi connectivity index (χ4v) is 1.92. The number of carbonyl (C=O) groups is 2. The van der Waals surface area contributed by atoms with Gasteiger partial charge in [0.2, 0.25) is 0 Å². The summed E-state index contributed by atoms with van der Waals surface area (Å²) < 4.78 is 9.81. The van der Waals surface area contributed by atoms with Gasteiger partial charge in [-0.05, 0) is 6.07 Å². The Morgan fingerprint density at radius 3 is 2.77 bits per heavy atom. The SMILES string of the molecule is COC(=O)[C@@H](Cc1cnc[nH]1)NC(=O)c1ccncc1OC. The highest BCUT2D eigenvalue weighted by Gasteiger charge is 2.24. The Labute approximate surface area is 126 Å². The number of nitrogens with one attached hydrogen (secondary N) is 2. The molecule has 0 saturated carbocycles. The smallest absolute Gasteiger partial charge is 0.328 e. The highest BCUT2D eigenvalue weighted by Crippen LogP contribution is 2.15. The fourth-order valence-electron chi connectivity index (χ4n) is 1.92. The van der Waals surface area contributed by atoms with E-state index >= 15 is 0 Å². The minimum Gasteiger partial charge on any atom is -0.494 e. The lowest BCUT2D eigenvalue weighted by atomic mass is 10.1. The fraction of sp³-hybridized carbons (Fsp3) is 0.286. The van der Waals surface area contributed by atoms with Crippen LogP contribution in [0.3, 0.4) is 0 Å². The molecule has 2 aromatic rings. The van der Waals surface area contributed by atoms with E-state index in [2.05, 4.69) is 20.3 Å². The zero-order valence-electron chi connectivity index (χ0n) is 12.2. The number of methoxy groups -OCH3 is 2. The van der Waals surface area contributed by atoms with Crippen molar-refractivity contribution in [3.8, 4) is 5.75 Å². The number of carbonyl (C=O) groups excluding carboxylic acids is 2. The van der Waals surface area contributed by atoms with E-state index < -0.39 is 17.9 Å². The lowest BCUT2D eigenvalue weighted by molar-refractivity contribution is -0.142. The van der Waals surface area contributed by atoms with Crippen LogP contribution in [0.2, 0.25) is 0 Å². The molecule has 0 aromatic carbocycles. The Hall–Kier alpha value is -2.90. The van der Waals surface area contributed by atoms with E-state index in [9.17, 15) is 9.59 Å². The number of ether oxygens (including phenoxy) is 2. The van der Waals surface area contributed by atoms with Crippen LogP contribution in [-0.2, 0) is 16.0 Å². The van der Waals surface area contributed by atoms with Crippen LogP contribution in [0, 0.1) is 0 Å². The van der Waals surface area contributed by atoms with E-state index in [0.29, 0.717) is 11.4 Å². The van der Waals surface area contributed by atoms with Gasteiger partial charge in [-0.15, -0.1) is 0 Å². The summed E-state index contributed by atoms with van der Waals surface area (Å²) in [6, 6.07) is 0.675. The van der Waals surface area contributed by atoms with Gasteiger partial charge >= 0.3 is 5.97 Å². The minimum atomic E-state index is -0.837. The molecule has 0 spiro atoms. The first kappa shape index (κ1) is 15.5. The monoisotopic (exact) mass is 304 g/mol. The lowest BCUT2D eigenvalue weighted by Crippen LogP contribution is -2.43. The van der Waals surface area contributed by atoms with Crippen LogP contribution in [0.25, 0.3) is 0 Å². The number of aromatic amines is 1. The number of rotatable bonds is 6. The van der Waals surface area contributed by atoms with Gasteiger partial charge in [-0.1, -0.05) is 0 Å². The molecule has 0 unspecified atom stereocenters. The Morgan fingerprint density at radius 2 is 2.14 bits per heavy atom. The standard InChI is InChI=1S/C14H16N4O4/c1-21-12-7-15-4-3-10(12)13(19)18-11(14(20)22-2)5-9-6-16-8-17-9/h3-4,6-8,11H,5H2,1-2H3,(H,16,17)(H,18,19)/t11-/m1/s1. The van der Waals surface area contributed by atoms with Gasteiger partial charge in [0.1, 0.15) is 11.8 Å². The number of hydrogen-bond donors (Lipinski definition) is 2. The number of aromatic nitrogens is 3. The molecule has 0 fully saturated rings. The Morgan fingerprint density at radius 1 is 1.32 bits per heavy atom. The normalized spacial score (nSPS) is 11.5. The molecule has 0 aliphatic heterocycles. The van der Waals surface area contributed by atoms with Crippen LogP contribution >= 0.6 is 0 Å². The van der Waals surface area contributed by atoms with Crippen LogP contribution in [0.15, 0.2) is 31.0 Å². The maximum absolute atomic E-state index is 12.3. The quantitative estimate of drug-likeness (QED) is 0.745. The molecule has 8 nitrogen and oxygen atoms in total. The molecule has 0 radical (unpaired) electrons. The number of H-pyrrole nitrogens is 1. The second-order valence-corrected chi connectivity index (χ2v) is 4.41. The summed E-state index contributed by atoms with van der Waals surface area (Å²) in [5, 5.41) is 2.63. The molecule has 1 atom stereocenters. The van der Waals surface area contributed by atoms with E-state index in [4.69, 9.17) is 9.47 Å². The van der Waals surface area contributed by atoms with Crippen molar-refractivity contribution in [3.63, 3.8) is 0 Å². The predicted molar refractivity (Wildman–Crippen MR) is 76.4 cm³/mol. The zero-order chi connectivity index (χ0) is 15.9. The number of amides is 1. The van der Waals surface area contributed by atoms with Gasteiger partial charge in [-0.2, -0.15) is 0 Å². The summed E-state index contributed by atoms with van der Waals surface area (Å²) in [5.41, 5.74) is 0.994. The number of imidazole rings is 1. The highest BCUT2D eigenvalue weighted by molar-refractivity contribution is 5.98. The highest BCUT2D eigenvalue weighted by atomic mass is 16.5. The zero-order valence-corrected chi connectivity index (χ0v) is 12.2. The van der Waals surface area contributed by atoms with Gasteiger partial charge < -0.3 is 19.8 Å². The summed E-state index contributed by atoms with van der Waals surface area (Å²) in [6.07, 6.45) is 6.22. The maximum Gasteiger partial charge on any atom is 0.328 e. The van der Waals surface area contributed by atoms with Gasteiger partial charge in [0.05, 0.1) is 32.3 Å². The summed E-state index contributed by atoms with van der Waals surface area (Å²) in [6.45, 7) is 0. The van der Waals surface area contributed by atoms with Gasteiger partial charge in [0, 0.05) is 24.5 Å². The van der Waals surface area contributed by atoms with Gasteiger partial charge in [0.25, 0.3) is 5.91 Å². The average Bonchev–Trinajstić information content (AvgIpc) is 3.06. The van der Waals surface area contributed by atoms with Crippen molar-refractivity contribution in [2.75, 3.05) is 14.2 Å². The molecule has 2 aromatic heterocycles. The van der Waals surface area contributed by atoms with Crippen molar-refractivity contribution in [2.45, 2.75) is 12.5 Å². The molecule has 0 saturated heterocycles. The molecule has 2 heterocycles. The molecular weight excluding hydrogens is 288 g/mol. The topological polar surface area (TPSA) is 106 Å². The summed E-state index contributed by atoms with van der Waals surface area (Å²) in [5.74, 6) is -0.671. The van der Waals surface area contributed by atoms with Crippen LogP contribution < -0.4 is 10.1 Å². The minimum absolute atomic E-state index is 0.242. The Kier molecular flexibility index (Phi) is 5.07. The van der Waals surface area contributed by atoms with E-state index in [-0.39, 0.29) is 12.0 Å². The summed E-state index contributed by atoms with van der Waals surface area (Å²) >= 11 is 0. The van der Waals surface area contributed by atoms with Crippen LogP contribution in [0.4, 0.5) is 0 Å².